The topological polar surface area (TPSA) is 49.0 Å². The number of aromatic amines is 1. The van der Waals surface area contributed by atoms with Gasteiger partial charge in [0.15, 0.2) is 0 Å². The van der Waals surface area contributed by atoms with Crippen LogP contribution < -0.4 is 10.5 Å². The zero-order chi connectivity index (χ0) is 9.42. The van der Waals surface area contributed by atoms with Crippen LogP contribution in [0.3, 0.4) is 0 Å². The molecule has 0 atom stereocenters. The second-order valence-electron chi connectivity index (χ2n) is 3.20. The molecule has 0 spiro atoms. The zero-order valence-corrected chi connectivity index (χ0v) is 8.44. The maximum Gasteiger partial charge on any atom is 0.256 e. The Morgan fingerprint density at radius 2 is 2.23 bits per heavy atom. The normalized spacial score (nSPS) is 14.3. The minimum atomic E-state index is 0.0127. The van der Waals surface area contributed by atoms with Gasteiger partial charge in [-0.1, -0.05) is 0 Å². The Kier molecular flexibility index (Phi) is 2.03. The van der Waals surface area contributed by atoms with E-state index in [0.717, 1.165) is 22.8 Å². The van der Waals surface area contributed by atoms with Gasteiger partial charge in [0.25, 0.3) is 5.56 Å². The monoisotopic (exact) mass is 197 g/mol. The summed E-state index contributed by atoms with van der Waals surface area (Å²) in [6, 6.07) is 0. The molecular weight excluding hydrogens is 186 g/mol. The van der Waals surface area contributed by atoms with E-state index in [-0.39, 0.29) is 5.56 Å². The van der Waals surface area contributed by atoms with Crippen LogP contribution in [0.4, 0.5) is 5.95 Å². The Labute approximate surface area is 80.4 Å². The van der Waals surface area contributed by atoms with Gasteiger partial charge in [-0.15, -0.1) is 0 Å². The van der Waals surface area contributed by atoms with Crippen LogP contribution in [-0.4, -0.2) is 24.1 Å². The van der Waals surface area contributed by atoms with E-state index in [4.69, 9.17) is 0 Å². The molecule has 13 heavy (non-hydrogen) atoms. The van der Waals surface area contributed by atoms with E-state index >= 15 is 0 Å². The van der Waals surface area contributed by atoms with Gasteiger partial charge in [-0.05, 0) is 0 Å². The molecule has 1 aliphatic rings. The summed E-state index contributed by atoms with van der Waals surface area (Å²) in [7, 11) is 3.74. The van der Waals surface area contributed by atoms with Gasteiger partial charge >= 0.3 is 0 Å². The summed E-state index contributed by atoms with van der Waals surface area (Å²) in [6.07, 6.45) is 0. The molecule has 0 bridgehead atoms. The molecule has 0 unspecified atom stereocenters. The van der Waals surface area contributed by atoms with Gasteiger partial charge in [-0.3, -0.25) is 9.78 Å². The Morgan fingerprint density at radius 3 is 2.92 bits per heavy atom. The van der Waals surface area contributed by atoms with Gasteiger partial charge in [-0.2, -0.15) is 11.8 Å². The molecule has 0 fully saturated rings. The Bertz CT molecular complexity index is 385. The first-order valence-electron chi connectivity index (χ1n) is 4.05. The third-order valence-electron chi connectivity index (χ3n) is 2.00. The molecule has 0 aromatic carbocycles. The zero-order valence-electron chi connectivity index (χ0n) is 7.63. The number of aromatic nitrogens is 2. The van der Waals surface area contributed by atoms with Crippen molar-refractivity contribution < 1.29 is 0 Å². The van der Waals surface area contributed by atoms with Crippen LogP contribution in [0.15, 0.2) is 4.79 Å². The van der Waals surface area contributed by atoms with Crippen molar-refractivity contribution in [1.82, 2.24) is 9.97 Å². The van der Waals surface area contributed by atoms with Crippen molar-refractivity contribution in [2.45, 2.75) is 11.5 Å². The summed E-state index contributed by atoms with van der Waals surface area (Å²) in [4.78, 5) is 20.4. The van der Waals surface area contributed by atoms with Crippen LogP contribution >= 0.6 is 11.8 Å². The highest BCUT2D eigenvalue weighted by atomic mass is 32.2. The van der Waals surface area contributed by atoms with Crippen LogP contribution in [0.1, 0.15) is 11.3 Å². The lowest BCUT2D eigenvalue weighted by atomic mass is 10.3. The Hall–Kier alpha value is -0.970. The first-order valence-corrected chi connectivity index (χ1v) is 5.21. The van der Waals surface area contributed by atoms with Crippen molar-refractivity contribution in [3.63, 3.8) is 0 Å². The predicted octanol–water partition coefficient (Wildman–Crippen LogP) is 0.583. The van der Waals surface area contributed by atoms with Crippen molar-refractivity contribution in [1.29, 1.82) is 0 Å². The molecule has 5 heteroatoms. The van der Waals surface area contributed by atoms with E-state index in [9.17, 15) is 4.79 Å². The minimum absolute atomic E-state index is 0.0127. The summed E-state index contributed by atoms with van der Waals surface area (Å²) in [5.74, 6) is 2.30. The first kappa shape index (κ1) is 8.62. The molecule has 0 aliphatic carbocycles. The average Bonchev–Trinajstić information content (AvgIpc) is 2.51. The second kappa shape index (κ2) is 3.06. The molecular formula is C8H11N3OS. The number of fused-ring (bicyclic) bond motifs is 1. The lowest BCUT2D eigenvalue weighted by Crippen LogP contribution is -2.21. The van der Waals surface area contributed by atoms with Gasteiger partial charge in [0.05, 0.1) is 5.69 Å². The van der Waals surface area contributed by atoms with E-state index in [0.29, 0.717) is 5.95 Å². The molecule has 0 radical (unpaired) electrons. The van der Waals surface area contributed by atoms with E-state index in [1.165, 1.54) is 0 Å². The maximum atomic E-state index is 11.5. The van der Waals surface area contributed by atoms with Crippen LogP contribution in [0.5, 0.6) is 0 Å². The number of nitrogens with zero attached hydrogens (tertiary/aromatic N) is 2. The number of hydrogen-bond donors (Lipinski definition) is 1. The highest BCUT2D eigenvalue weighted by molar-refractivity contribution is 7.98. The molecule has 4 nitrogen and oxygen atoms in total. The van der Waals surface area contributed by atoms with Crippen LogP contribution in [0.2, 0.25) is 0 Å². The average molecular weight is 197 g/mol. The number of anilines is 1. The first-order chi connectivity index (χ1) is 6.18. The van der Waals surface area contributed by atoms with Crippen molar-refractivity contribution >= 4 is 17.7 Å². The van der Waals surface area contributed by atoms with Crippen LogP contribution in [-0.2, 0) is 11.5 Å². The van der Waals surface area contributed by atoms with Gasteiger partial charge in [0, 0.05) is 31.2 Å². The highest BCUT2D eigenvalue weighted by Gasteiger charge is 2.17. The molecule has 70 valence electrons. The molecule has 1 N–H and O–H groups in total. The van der Waals surface area contributed by atoms with Crippen molar-refractivity contribution in [3.8, 4) is 0 Å². The predicted molar refractivity (Wildman–Crippen MR) is 54.2 cm³/mol. The lowest BCUT2D eigenvalue weighted by molar-refractivity contribution is 0.942. The Balaban J connectivity index is 2.56. The van der Waals surface area contributed by atoms with Crippen LogP contribution in [0, 0.1) is 0 Å². The summed E-state index contributed by atoms with van der Waals surface area (Å²) in [6.45, 7) is 0. The minimum Gasteiger partial charge on any atom is -0.348 e. The number of rotatable bonds is 1. The maximum absolute atomic E-state index is 11.5. The fourth-order valence-electron chi connectivity index (χ4n) is 1.26. The summed E-state index contributed by atoms with van der Waals surface area (Å²) in [5, 5.41) is 0. The third kappa shape index (κ3) is 1.44. The smallest absolute Gasteiger partial charge is 0.256 e. The van der Waals surface area contributed by atoms with E-state index in [1.54, 1.807) is 11.8 Å². The standard InChI is InChI=1S/C8H11N3OS/c1-11(2)8-9-6-4-13-3-5(6)7(12)10-8/h3-4H2,1-2H3,(H,9,10,12). The summed E-state index contributed by atoms with van der Waals surface area (Å²) < 4.78 is 0. The molecule has 0 saturated carbocycles. The molecule has 1 aromatic heterocycles. The summed E-state index contributed by atoms with van der Waals surface area (Å²) >= 11 is 1.74. The number of hydrogen-bond acceptors (Lipinski definition) is 4. The number of nitrogens with one attached hydrogen (secondary N) is 1. The fourth-order valence-corrected chi connectivity index (χ4v) is 2.30. The van der Waals surface area contributed by atoms with Gasteiger partial charge in [0.2, 0.25) is 5.95 Å². The molecule has 2 heterocycles. The largest absolute Gasteiger partial charge is 0.348 e. The molecule has 0 amide bonds. The molecule has 2 rings (SSSR count). The van der Waals surface area contributed by atoms with Crippen molar-refractivity contribution in [3.05, 3.63) is 21.6 Å². The third-order valence-corrected chi connectivity index (χ3v) is 2.97. The van der Waals surface area contributed by atoms with Crippen molar-refractivity contribution in [2.75, 3.05) is 19.0 Å². The fraction of sp³-hybridized carbons (Fsp3) is 0.500. The van der Waals surface area contributed by atoms with Gasteiger partial charge < -0.3 is 4.90 Å². The molecule has 1 aliphatic heterocycles. The lowest BCUT2D eigenvalue weighted by Gasteiger charge is -2.10. The van der Waals surface area contributed by atoms with E-state index in [2.05, 4.69) is 9.97 Å². The Morgan fingerprint density at radius 1 is 1.46 bits per heavy atom. The quantitative estimate of drug-likeness (QED) is 0.715. The molecule has 1 aromatic rings. The van der Waals surface area contributed by atoms with E-state index in [1.807, 2.05) is 19.0 Å². The molecule has 0 saturated heterocycles. The van der Waals surface area contributed by atoms with Crippen molar-refractivity contribution in [2.24, 2.45) is 0 Å². The second-order valence-corrected chi connectivity index (χ2v) is 4.19. The van der Waals surface area contributed by atoms with Gasteiger partial charge in [0.1, 0.15) is 0 Å². The number of thioether (sulfide) groups is 1. The van der Waals surface area contributed by atoms with Gasteiger partial charge in [-0.25, -0.2) is 4.98 Å². The number of H-pyrrole nitrogens is 1. The summed E-state index contributed by atoms with van der Waals surface area (Å²) in [5.41, 5.74) is 1.80. The van der Waals surface area contributed by atoms with Crippen LogP contribution in [0.25, 0.3) is 0 Å². The SMILES string of the molecule is CN(C)c1nc2c(c(=O)[nH]1)CSC2. The van der Waals surface area contributed by atoms with E-state index < -0.39 is 0 Å². The highest BCUT2D eigenvalue weighted by Crippen LogP contribution is 2.25.